The molecule has 1 rings (SSSR count). The van der Waals surface area contributed by atoms with Crippen molar-refractivity contribution in [2.45, 2.75) is 46.6 Å². The van der Waals surface area contributed by atoms with Crippen LogP contribution in [0.2, 0.25) is 0 Å². The molecule has 18 heavy (non-hydrogen) atoms. The topological polar surface area (TPSA) is 55.6 Å². The fraction of sp³-hybridized carbons (Fsp3) is 0.929. The van der Waals surface area contributed by atoms with Gasteiger partial charge in [0.1, 0.15) is 0 Å². The van der Waals surface area contributed by atoms with Gasteiger partial charge in [-0.2, -0.15) is 0 Å². The van der Waals surface area contributed by atoms with Crippen LogP contribution in [0, 0.1) is 11.3 Å². The highest BCUT2D eigenvalue weighted by Crippen LogP contribution is 2.23. The van der Waals surface area contributed by atoms with Crippen LogP contribution in [0.3, 0.4) is 0 Å². The minimum absolute atomic E-state index is 0.0948. The van der Waals surface area contributed by atoms with Gasteiger partial charge in [-0.25, -0.2) is 0 Å². The Balaban J connectivity index is 2.41. The van der Waals surface area contributed by atoms with E-state index in [0.29, 0.717) is 5.92 Å². The number of hydrogen-bond donors (Lipinski definition) is 1. The molecule has 0 aromatic rings. The monoisotopic (exact) mass is 256 g/mol. The van der Waals surface area contributed by atoms with Gasteiger partial charge in [-0.05, 0) is 31.1 Å². The van der Waals surface area contributed by atoms with Crippen molar-refractivity contribution in [3.8, 4) is 0 Å². The third kappa shape index (κ3) is 4.25. The average Bonchev–Trinajstić information content (AvgIpc) is 2.34. The number of carbonyl (C=O) groups is 1. The van der Waals surface area contributed by atoms with E-state index >= 15 is 0 Å². The molecule has 4 heteroatoms. The molecular formula is C14H28N2O2. The van der Waals surface area contributed by atoms with Gasteiger partial charge < -0.3 is 15.4 Å². The van der Waals surface area contributed by atoms with Gasteiger partial charge in [0.25, 0.3) is 0 Å². The van der Waals surface area contributed by atoms with Crippen molar-refractivity contribution < 1.29 is 9.53 Å². The molecule has 1 fully saturated rings. The van der Waals surface area contributed by atoms with E-state index in [4.69, 9.17) is 10.5 Å². The Labute approximate surface area is 111 Å². The van der Waals surface area contributed by atoms with Crippen molar-refractivity contribution in [3.05, 3.63) is 0 Å². The molecule has 1 aliphatic rings. The second-order valence-corrected chi connectivity index (χ2v) is 6.27. The van der Waals surface area contributed by atoms with Gasteiger partial charge in [-0.15, -0.1) is 0 Å². The van der Waals surface area contributed by atoms with Crippen molar-refractivity contribution in [3.63, 3.8) is 0 Å². The number of nitrogens with two attached hydrogens (primary N) is 1. The molecule has 0 aliphatic carbocycles. The van der Waals surface area contributed by atoms with Crippen LogP contribution in [0.15, 0.2) is 0 Å². The Hall–Kier alpha value is -0.610. The number of rotatable bonds is 4. The molecule has 0 saturated carbocycles. The summed E-state index contributed by atoms with van der Waals surface area (Å²) in [5, 5.41) is 0. The summed E-state index contributed by atoms with van der Waals surface area (Å²) in [5.74, 6) is 0.692. The van der Waals surface area contributed by atoms with E-state index in [0.717, 1.165) is 39.1 Å². The molecule has 0 bridgehead atoms. The summed E-state index contributed by atoms with van der Waals surface area (Å²) >= 11 is 0. The number of ether oxygens (including phenoxy) is 1. The second kappa shape index (κ2) is 6.53. The first-order valence-electron chi connectivity index (χ1n) is 6.98. The Morgan fingerprint density at radius 3 is 2.39 bits per heavy atom. The first-order chi connectivity index (χ1) is 8.36. The van der Waals surface area contributed by atoms with Crippen LogP contribution in [0.5, 0.6) is 0 Å². The highest BCUT2D eigenvalue weighted by molar-refractivity contribution is 5.82. The molecule has 0 spiro atoms. The Bertz CT molecular complexity index is 265. The number of likely N-dealkylation sites (tertiary alicyclic amines) is 1. The molecule has 1 heterocycles. The summed E-state index contributed by atoms with van der Waals surface area (Å²) in [6.07, 6.45) is 2.06. The minimum Gasteiger partial charge on any atom is -0.381 e. The summed E-state index contributed by atoms with van der Waals surface area (Å²) in [4.78, 5) is 14.2. The SMILES string of the molecule is CCOCC1CCN(C(=O)[C@@H](N)C(C)(C)C)CC1. The molecular weight excluding hydrogens is 228 g/mol. The molecule has 2 N–H and O–H groups in total. The van der Waals surface area contributed by atoms with Crippen molar-refractivity contribution in [1.82, 2.24) is 4.90 Å². The van der Waals surface area contributed by atoms with E-state index in [9.17, 15) is 4.79 Å². The van der Waals surface area contributed by atoms with E-state index in [1.54, 1.807) is 0 Å². The number of amides is 1. The van der Waals surface area contributed by atoms with Gasteiger partial charge in [-0.3, -0.25) is 4.79 Å². The molecule has 106 valence electrons. The zero-order valence-electron chi connectivity index (χ0n) is 12.2. The van der Waals surface area contributed by atoms with Crippen LogP contribution in [-0.4, -0.2) is 43.2 Å². The lowest BCUT2D eigenvalue weighted by atomic mass is 9.86. The summed E-state index contributed by atoms with van der Waals surface area (Å²) < 4.78 is 5.44. The standard InChI is InChI=1S/C14H28N2O2/c1-5-18-10-11-6-8-16(9-7-11)13(17)12(15)14(2,3)4/h11-12H,5-10,15H2,1-4H3/t12-/m1/s1. The van der Waals surface area contributed by atoms with Crippen LogP contribution >= 0.6 is 0 Å². The summed E-state index contributed by atoms with van der Waals surface area (Å²) in [7, 11) is 0. The lowest BCUT2D eigenvalue weighted by Crippen LogP contribution is -2.52. The Morgan fingerprint density at radius 2 is 1.94 bits per heavy atom. The number of nitrogens with zero attached hydrogens (tertiary/aromatic N) is 1. The first-order valence-corrected chi connectivity index (χ1v) is 6.98. The van der Waals surface area contributed by atoms with Gasteiger partial charge in [0.15, 0.2) is 0 Å². The molecule has 0 aromatic heterocycles. The van der Waals surface area contributed by atoms with E-state index in [1.807, 2.05) is 32.6 Å². The maximum atomic E-state index is 12.2. The fourth-order valence-corrected chi connectivity index (χ4v) is 2.17. The van der Waals surface area contributed by atoms with Gasteiger partial charge >= 0.3 is 0 Å². The van der Waals surface area contributed by atoms with Crippen molar-refractivity contribution in [1.29, 1.82) is 0 Å². The zero-order chi connectivity index (χ0) is 13.8. The normalized spacial score (nSPS) is 19.9. The molecule has 0 unspecified atom stereocenters. The predicted octanol–water partition coefficient (Wildman–Crippen LogP) is 1.63. The molecule has 1 aliphatic heterocycles. The largest absolute Gasteiger partial charge is 0.381 e. The summed E-state index contributed by atoms with van der Waals surface area (Å²) in [5.41, 5.74) is 5.86. The molecule has 1 atom stereocenters. The van der Waals surface area contributed by atoms with Gasteiger partial charge in [-0.1, -0.05) is 20.8 Å². The zero-order valence-corrected chi connectivity index (χ0v) is 12.2. The molecule has 4 nitrogen and oxygen atoms in total. The van der Waals surface area contributed by atoms with Crippen molar-refractivity contribution in [2.75, 3.05) is 26.3 Å². The molecule has 1 saturated heterocycles. The van der Waals surface area contributed by atoms with E-state index in [1.165, 1.54) is 0 Å². The average molecular weight is 256 g/mol. The van der Waals surface area contributed by atoms with Crippen LogP contribution in [0.4, 0.5) is 0 Å². The first kappa shape index (κ1) is 15.4. The van der Waals surface area contributed by atoms with Gasteiger partial charge in [0.05, 0.1) is 6.04 Å². The lowest BCUT2D eigenvalue weighted by molar-refractivity contribution is -0.136. The van der Waals surface area contributed by atoms with E-state index < -0.39 is 6.04 Å². The van der Waals surface area contributed by atoms with E-state index in [2.05, 4.69) is 0 Å². The highest BCUT2D eigenvalue weighted by Gasteiger charge is 2.32. The van der Waals surface area contributed by atoms with Gasteiger partial charge in [0.2, 0.25) is 5.91 Å². The predicted molar refractivity (Wildman–Crippen MR) is 73.2 cm³/mol. The van der Waals surface area contributed by atoms with Gasteiger partial charge in [0, 0.05) is 26.3 Å². The van der Waals surface area contributed by atoms with Crippen molar-refractivity contribution in [2.24, 2.45) is 17.1 Å². The van der Waals surface area contributed by atoms with Crippen LogP contribution < -0.4 is 5.73 Å². The highest BCUT2D eigenvalue weighted by atomic mass is 16.5. The van der Waals surface area contributed by atoms with Crippen LogP contribution in [0.1, 0.15) is 40.5 Å². The fourth-order valence-electron chi connectivity index (χ4n) is 2.17. The number of hydrogen-bond acceptors (Lipinski definition) is 3. The lowest BCUT2D eigenvalue weighted by Gasteiger charge is -2.36. The van der Waals surface area contributed by atoms with Crippen LogP contribution in [0.25, 0.3) is 0 Å². The Kier molecular flexibility index (Phi) is 5.60. The maximum absolute atomic E-state index is 12.2. The number of piperidine rings is 1. The quantitative estimate of drug-likeness (QED) is 0.832. The third-order valence-corrected chi connectivity index (χ3v) is 3.68. The molecule has 1 amide bonds. The third-order valence-electron chi connectivity index (χ3n) is 3.68. The van der Waals surface area contributed by atoms with E-state index in [-0.39, 0.29) is 11.3 Å². The summed E-state index contributed by atoms with van der Waals surface area (Å²) in [6, 6.07) is -0.402. The minimum atomic E-state index is -0.402. The summed E-state index contributed by atoms with van der Waals surface area (Å²) in [6.45, 7) is 11.3. The second-order valence-electron chi connectivity index (χ2n) is 6.27. The van der Waals surface area contributed by atoms with Crippen molar-refractivity contribution >= 4 is 5.91 Å². The maximum Gasteiger partial charge on any atom is 0.240 e. The molecule has 0 radical (unpaired) electrons. The van der Waals surface area contributed by atoms with Crippen LogP contribution in [-0.2, 0) is 9.53 Å². The number of carbonyl (C=O) groups excluding carboxylic acids is 1. The molecule has 0 aromatic carbocycles. The smallest absolute Gasteiger partial charge is 0.240 e. The Morgan fingerprint density at radius 1 is 1.39 bits per heavy atom.